The van der Waals surface area contributed by atoms with Crippen LogP contribution < -0.4 is 10.6 Å². The topological polar surface area (TPSA) is 75.1 Å². The molecule has 2 heterocycles. The molecule has 0 radical (unpaired) electrons. The van der Waals surface area contributed by atoms with Crippen LogP contribution in [0.5, 0.6) is 0 Å². The van der Waals surface area contributed by atoms with Crippen molar-refractivity contribution in [2.45, 2.75) is 26.8 Å². The van der Waals surface area contributed by atoms with Gasteiger partial charge >= 0.3 is 0 Å². The summed E-state index contributed by atoms with van der Waals surface area (Å²) < 4.78 is 1.74. The number of piperazine rings is 1. The molecular weight excluding hydrogens is 304 g/mol. The Morgan fingerprint density at radius 2 is 2.09 bits per heavy atom. The summed E-state index contributed by atoms with van der Waals surface area (Å²) in [4.78, 5) is 14.3. The van der Waals surface area contributed by atoms with Crippen LogP contribution in [0.1, 0.15) is 30.8 Å². The van der Waals surface area contributed by atoms with Gasteiger partial charge in [-0.15, -0.1) is 17.5 Å². The van der Waals surface area contributed by atoms with Gasteiger partial charge in [-0.1, -0.05) is 19.1 Å². The average molecular weight is 331 g/mol. The fourth-order valence-electron chi connectivity index (χ4n) is 2.26. The Kier molecular flexibility index (Phi) is 8.37. The van der Waals surface area contributed by atoms with Crippen LogP contribution in [0.3, 0.4) is 0 Å². The molecule has 22 heavy (non-hydrogen) atoms. The molecule has 7 nitrogen and oxygen atoms in total. The maximum atomic E-state index is 12.0. The summed E-state index contributed by atoms with van der Waals surface area (Å²) in [7, 11) is 0. The van der Waals surface area contributed by atoms with E-state index in [-0.39, 0.29) is 18.3 Å². The zero-order valence-electron chi connectivity index (χ0n) is 13.4. The molecule has 1 amide bonds. The maximum absolute atomic E-state index is 12.0. The quantitative estimate of drug-likeness (QED) is 0.756. The Labute approximate surface area is 138 Å². The van der Waals surface area contributed by atoms with Gasteiger partial charge < -0.3 is 10.6 Å². The molecule has 0 unspecified atom stereocenters. The first-order valence-corrected chi connectivity index (χ1v) is 7.76. The third kappa shape index (κ3) is 6.29. The summed E-state index contributed by atoms with van der Waals surface area (Å²) in [5.74, 6) is 0.478. The molecular formula is C14H27ClN6O. The molecule has 1 saturated heterocycles. The van der Waals surface area contributed by atoms with Gasteiger partial charge in [0.1, 0.15) is 0 Å². The molecule has 0 spiro atoms. The number of amides is 1. The van der Waals surface area contributed by atoms with Gasteiger partial charge in [-0.25, -0.2) is 0 Å². The number of hydrogen-bond acceptors (Lipinski definition) is 5. The number of nitrogens with one attached hydrogen (secondary N) is 2. The lowest BCUT2D eigenvalue weighted by molar-refractivity contribution is 0.0942. The third-order valence-corrected chi connectivity index (χ3v) is 3.63. The minimum absolute atomic E-state index is 0. The van der Waals surface area contributed by atoms with E-state index in [0.29, 0.717) is 18.2 Å². The number of rotatable bonds is 7. The van der Waals surface area contributed by atoms with Crippen molar-refractivity contribution in [2.75, 3.05) is 39.3 Å². The van der Waals surface area contributed by atoms with E-state index in [1.165, 1.54) is 0 Å². The minimum Gasteiger partial charge on any atom is -0.349 e. The Balaban J connectivity index is 0.00000242. The van der Waals surface area contributed by atoms with Crippen molar-refractivity contribution in [3.8, 4) is 0 Å². The highest BCUT2D eigenvalue weighted by atomic mass is 35.5. The van der Waals surface area contributed by atoms with E-state index >= 15 is 0 Å². The monoisotopic (exact) mass is 330 g/mol. The first-order chi connectivity index (χ1) is 10.1. The van der Waals surface area contributed by atoms with Crippen molar-refractivity contribution in [3.63, 3.8) is 0 Å². The first-order valence-electron chi connectivity index (χ1n) is 7.76. The lowest BCUT2D eigenvalue weighted by Gasteiger charge is -2.26. The fraction of sp³-hybridized carbons (Fsp3) is 0.786. The molecule has 0 bridgehead atoms. The molecule has 1 aromatic heterocycles. The summed E-state index contributed by atoms with van der Waals surface area (Å²) >= 11 is 0. The van der Waals surface area contributed by atoms with Gasteiger partial charge in [-0.3, -0.25) is 14.4 Å². The SMILES string of the molecule is CC(C)CCn1cc(C(=O)NCCN2CCNCC2)nn1.Cl. The number of nitrogens with zero attached hydrogens (tertiary/aromatic N) is 4. The van der Waals surface area contributed by atoms with Crippen molar-refractivity contribution in [2.24, 2.45) is 5.92 Å². The van der Waals surface area contributed by atoms with Crippen molar-refractivity contribution in [3.05, 3.63) is 11.9 Å². The summed E-state index contributed by atoms with van der Waals surface area (Å²) in [6.45, 7) is 10.8. The second-order valence-electron chi connectivity index (χ2n) is 5.90. The van der Waals surface area contributed by atoms with Gasteiger partial charge in [-0.2, -0.15) is 0 Å². The highest BCUT2D eigenvalue weighted by Crippen LogP contribution is 2.02. The van der Waals surface area contributed by atoms with E-state index in [2.05, 4.69) is 39.7 Å². The minimum atomic E-state index is -0.138. The Hall–Kier alpha value is -1.18. The van der Waals surface area contributed by atoms with Crippen molar-refractivity contribution in [1.29, 1.82) is 0 Å². The second kappa shape index (κ2) is 9.76. The van der Waals surface area contributed by atoms with Gasteiger partial charge in [0.15, 0.2) is 5.69 Å². The number of carbonyl (C=O) groups is 1. The second-order valence-corrected chi connectivity index (χ2v) is 5.90. The van der Waals surface area contributed by atoms with Crippen molar-refractivity contribution < 1.29 is 4.79 Å². The Morgan fingerprint density at radius 3 is 2.77 bits per heavy atom. The third-order valence-electron chi connectivity index (χ3n) is 3.63. The van der Waals surface area contributed by atoms with Crippen LogP contribution in [0.2, 0.25) is 0 Å². The molecule has 2 N–H and O–H groups in total. The van der Waals surface area contributed by atoms with Crippen LogP contribution >= 0.6 is 12.4 Å². The smallest absolute Gasteiger partial charge is 0.273 e. The van der Waals surface area contributed by atoms with Crippen LogP contribution in [-0.4, -0.2) is 65.1 Å². The molecule has 8 heteroatoms. The molecule has 1 fully saturated rings. The molecule has 0 aliphatic carbocycles. The van der Waals surface area contributed by atoms with Crippen LogP contribution in [0.15, 0.2) is 6.20 Å². The van der Waals surface area contributed by atoms with Gasteiger partial charge in [0.25, 0.3) is 5.91 Å². The lowest BCUT2D eigenvalue weighted by Crippen LogP contribution is -2.46. The normalized spacial score (nSPS) is 15.6. The number of hydrogen-bond donors (Lipinski definition) is 2. The fourth-order valence-corrected chi connectivity index (χ4v) is 2.26. The number of aryl methyl sites for hydroxylation is 1. The zero-order chi connectivity index (χ0) is 15.1. The predicted octanol–water partition coefficient (Wildman–Crippen LogP) is 0.381. The maximum Gasteiger partial charge on any atom is 0.273 e. The number of aromatic nitrogens is 3. The summed E-state index contributed by atoms with van der Waals surface area (Å²) in [5, 5.41) is 14.2. The summed E-state index contributed by atoms with van der Waals surface area (Å²) in [6, 6.07) is 0. The van der Waals surface area contributed by atoms with E-state index in [1.54, 1.807) is 10.9 Å². The van der Waals surface area contributed by atoms with E-state index in [0.717, 1.165) is 45.7 Å². The molecule has 126 valence electrons. The van der Waals surface area contributed by atoms with Crippen LogP contribution in [0.25, 0.3) is 0 Å². The van der Waals surface area contributed by atoms with E-state index < -0.39 is 0 Å². The molecule has 1 aliphatic rings. The molecule has 2 rings (SSSR count). The van der Waals surface area contributed by atoms with Gasteiger partial charge in [0.2, 0.25) is 0 Å². The van der Waals surface area contributed by atoms with Gasteiger partial charge in [0.05, 0.1) is 6.20 Å². The highest BCUT2D eigenvalue weighted by Gasteiger charge is 2.12. The van der Waals surface area contributed by atoms with Crippen molar-refractivity contribution in [1.82, 2.24) is 30.5 Å². The van der Waals surface area contributed by atoms with Crippen LogP contribution in [-0.2, 0) is 6.54 Å². The summed E-state index contributed by atoms with van der Waals surface area (Å²) in [6.07, 6.45) is 2.76. The molecule has 1 aromatic rings. The van der Waals surface area contributed by atoms with Crippen molar-refractivity contribution >= 4 is 18.3 Å². The lowest BCUT2D eigenvalue weighted by atomic mass is 10.1. The van der Waals surface area contributed by atoms with Crippen LogP contribution in [0.4, 0.5) is 0 Å². The number of halogens is 1. The molecule has 1 aliphatic heterocycles. The van der Waals surface area contributed by atoms with E-state index in [9.17, 15) is 4.79 Å². The summed E-state index contributed by atoms with van der Waals surface area (Å²) in [5.41, 5.74) is 0.402. The Bertz CT molecular complexity index is 444. The standard InChI is InChI=1S/C14H26N6O.ClH/c1-12(2)3-7-20-11-13(17-18-20)14(21)16-6-10-19-8-4-15-5-9-19;/h11-12,15H,3-10H2,1-2H3,(H,16,21);1H. The molecule has 0 aromatic carbocycles. The van der Waals surface area contributed by atoms with E-state index in [4.69, 9.17) is 0 Å². The Morgan fingerprint density at radius 1 is 1.36 bits per heavy atom. The molecule has 0 saturated carbocycles. The van der Waals surface area contributed by atoms with Gasteiger partial charge in [-0.05, 0) is 12.3 Å². The first kappa shape index (κ1) is 18.9. The van der Waals surface area contributed by atoms with E-state index in [1.807, 2.05) is 0 Å². The number of carbonyl (C=O) groups excluding carboxylic acids is 1. The zero-order valence-corrected chi connectivity index (χ0v) is 14.2. The van der Waals surface area contributed by atoms with Gasteiger partial charge in [0, 0.05) is 45.8 Å². The average Bonchev–Trinajstić information content (AvgIpc) is 2.95. The largest absolute Gasteiger partial charge is 0.349 e. The molecule has 0 atom stereocenters. The predicted molar refractivity (Wildman–Crippen MR) is 88.4 cm³/mol. The highest BCUT2D eigenvalue weighted by molar-refractivity contribution is 5.91. The van der Waals surface area contributed by atoms with Crippen LogP contribution in [0, 0.1) is 5.92 Å².